The summed E-state index contributed by atoms with van der Waals surface area (Å²) in [7, 11) is 0. The Hall–Kier alpha value is -2.81. The van der Waals surface area contributed by atoms with Crippen LogP contribution in [-0.4, -0.2) is 23.3 Å². The monoisotopic (exact) mass is 255 g/mol. The molecule has 0 fully saturated rings. The molecule has 1 heterocycles. The lowest BCUT2D eigenvalue weighted by atomic mass is 10.3. The molecule has 0 aliphatic heterocycles. The van der Waals surface area contributed by atoms with Gasteiger partial charge in [-0.15, -0.1) is 5.10 Å². The second-order valence-electron chi connectivity index (χ2n) is 3.75. The number of benzene rings is 1. The number of nitrogens with one attached hydrogen (secondary N) is 1. The molecule has 2 aromatic rings. The third-order valence-electron chi connectivity index (χ3n) is 2.36. The Morgan fingerprint density at radius 1 is 1.37 bits per heavy atom. The molecule has 3 N–H and O–H groups in total. The van der Waals surface area contributed by atoms with Crippen LogP contribution in [0.4, 0.5) is 11.5 Å². The topological polar surface area (TPSA) is 96.8 Å². The highest BCUT2D eigenvalue weighted by atomic mass is 16.5. The van der Waals surface area contributed by atoms with Crippen LogP contribution in [0.25, 0.3) is 0 Å². The number of rotatable bonds is 5. The van der Waals surface area contributed by atoms with Crippen LogP contribution >= 0.6 is 0 Å². The lowest BCUT2D eigenvalue weighted by Crippen LogP contribution is -2.13. The maximum Gasteiger partial charge on any atom is 0.166 e. The van der Waals surface area contributed by atoms with Crippen LogP contribution in [0.1, 0.15) is 5.56 Å². The molecular weight excluding hydrogens is 242 g/mol. The van der Waals surface area contributed by atoms with Gasteiger partial charge < -0.3 is 15.8 Å². The minimum atomic E-state index is 0.435. The zero-order valence-corrected chi connectivity index (χ0v) is 10.2. The first-order valence-electron chi connectivity index (χ1n) is 5.73. The zero-order chi connectivity index (χ0) is 13.5. The van der Waals surface area contributed by atoms with Crippen LogP contribution in [0.5, 0.6) is 5.75 Å². The summed E-state index contributed by atoms with van der Waals surface area (Å²) in [5.74, 6) is 1.17. The average molecular weight is 255 g/mol. The minimum Gasteiger partial charge on any atom is -0.492 e. The molecule has 0 unspecified atom stereocenters. The number of hydrogen-bond donors (Lipinski definition) is 2. The third-order valence-corrected chi connectivity index (χ3v) is 2.36. The number of nitriles is 1. The summed E-state index contributed by atoms with van der Waals surface area (Å²) in [4.78, 5) is 0. The van der Waals surface area contributed by atoms with Crippen LogP contribution in [0.15, 0.2) is 36.5 Å². The highest BCUT2D eigenvalue weighted by Gasteiger charge is 2.02. The van der Waals surface area contributed by atoms with Gasteiger partial charge >= 0.3 is 0 Å². The van der Waals surface area contributed by atoms with Gasteiger partial charge in [0.2, 0.25) is 0 Å². The Morgan fingerprint density at radius 2 is 2.26 bits per heavy atom. The van der Waals surface area contributed by atoms with E-state index in [0.717, 1.165) is 0 Å². The lowest BCUT2D eigenvalue weighted by Gasteiger charge is -2.08. The van der Waals surface area contributed by atoms with E-state index in [0.29, 0.717) is 36.0 Å². The maximum absolute atomic E-state index is 8.88. The summed E-state index contributed by atoms with van der Waals surface area (Å²) < 4.78 is 5.51. The first-order chi connectivity index (χ1) is 9.29. The van der Waals surface area contributed by atoms with E-state index in [1.807, 2.05) is 18.2 Å². The first kappa shape index (κ1) is 12.6. The second kappa shape index (κ2) is 6.21. The number of ether oxygens (including phenoxy) is 1. The Labute approximate surface area is 110 Å². The van der Waals surface area contributed by atoms with Crippen molar-refractivity contribution in [2.75, 3.05) is 24.2 Å². The molecule has 2 rings (SSSR count). The molecule has 1 aromatic carbocycles. The molecule has 0 aliphatic carbocycles. The van der Waals surface area contributed by atoms with Gasteiger partial charge in [-0.05, 0) is 18.2 Å². The molecule has 19 heavy (non-hydrogen) atoms. The van der Waals surface area contributed by atoms with Gasteiger partial charge in [0.1, 0.15) is 18.4 Å². The molecule has 0 radical (unpaired) electrons. The molecule has 0 aliphatic rings. The summed E-state index contributed by atoms with van der Waals surface area (Å²) >= 11 is 0. The molecule has 96 valence electrons. The van der Waals surface area contributed by atoms with Crippen LogP contribution < -0.4 is 15.8 Å². The van der Waals surface area contributed by atoms with Gasteiger partial charge in [-0.2, -0.15) is 10.4 Å². The maximum atomic E-state index is 8.88. The number of hydrogen-bond acceptors (Lipinski definition) is 6. The van der Waals surface area contributed by atoms with Crippen LogP contribution in [0.3, 0.4) is 0 Å². The Bertz CT molecular complexity index is 594. The smallest absolute Gasteiger partial charge is 0.166 e. The fourth-order valence-corrected chi connectivity index (χ4v) is 1.50. The van der Waals surface area contributed by atoms with E-state index in [2.05, 4.69) is 15.5 Å². The number of nitrogen functional groups attached to an aromatic ring is 1. The van der Waals surface area contributed by atoms with E-state index in [-0.39, 0.29) is 0 Å². The largest absolute Gasteiger partial charge is 0.492 e. The van der Waals surface area contributed by atoms with Crippen molar-refractivity contribution in [1.29, 1.82) is 5.26 Å². The Balaban J connectivity index is 1.83. The summed E-state index contributed by atoms with van der Waals surface area (Å²) in [5, 5.41) is 19.4. The van der Waals surface area contributed by atoms with Crippen molar-refractivity contribution < 1.29 is 4.74 Å². The van der Waals surface area contributed by atoms with Gasteiger partial charge in [0.05, 0.1) is 18.3 Å². The molecule has 1 aromatic heterocycles. The molecular formula is C13H13N5O. The lowest BCUT2D eigenvalue weighted by molar-refractivity contribution is 0.333. The average Bonchev–Trinajstić information content (AvgIpc) is 2.44. The predicted octanol–water partition coefficient (Wildman–Crippen LogP) is 1.42. The van der Waals surface area contributed by atoms with E-state index >= 15 is 0 Å². The molecule has 0 saturated carbocycles. The fraction of sp³-hybridized carbons (Fsp3) is 0.154. The molecule has 6 nitrogen and oxygen atoms in total. The molecule has 0 bridgehead atoms. The fourth-order valence-electron chi connectivity index (χ4n) is 1.50. The van der Waals surface area contributed by atoms with Gasteiger partial charge in [-0.3, -0.25) is 0 Å². The first-order valence-corrected chi connectivity index (χ1v) is 5.73. The number of nitrogens with two attached hydrogens (primary N) is 1. The third kappa shape index (κ3) is 3.57. The minimum absolute atomic E-state index is 0.435. The van der Waals surface area contributed by atoms with Crippen molar-refractivity contribution in [2.45, 2.75) is 0 Å². The van der Waals surface area contributed by atoms with Gasteiger partial charge in [-0.25, -0.2) is 0 Å². The second-order valence-corrected chi connectivity index (χ2v) is 3.75. The van der Waals surface area contributed by atoms with Crippen molar-refractivity contribution in [3.8, 4) is 11.8 Å². The van der Waals surface area contributed by atoms with Gasteiger partial charge in [0, 0.05) is 11.8 Å². The van der Waals surface area contributed by atoms with Crippen molar-refractivity contribution in [3.63, 3.8) is 0 Å². The summed E-state index contributed by atoms with van der Waals surface area (Å²) in [6.07, 6.45) is 1.48. The Morgan fingerprint density at radius 3 is 3.05 bits per heavy atom. The molecule has 0 amide bonds. The molecule has 0 spiro atoms. The molecule has 0 saturated heterocycles. The van der Waals surface area contributed by atoms with Crippen molar-refractivity contribution >= 4 is 11.5 Å². The van der Waals surface area contributed by atoms with Crippen LogP contribution in [0, 0.1) is 11.3 Å². The molecule has 6 heteroatoms. The number of anilines is 2. The van der Waals surface area contributed by atoms with Gasteiger partial charge in [0.15, 0.2) is 5.82 Å². The number of nitrogens with zero attached hydrogens (tertiary/aromatic N) is 3. The summed E-state index contributed by atoms with van der Waals surface area (Å²) in [5.41, 5.74) is 6.76. The highest BCUT2D eigenvalue weighted by Crippen LogP contribution is 2.14. The van der Waals surface area contributed by atoms with Crippen molar-refractivity contribution in [2.24, 2.45) is 0 Å². The van der Waals surface area contributed by atoms with E-state index in [1.165, 1.54) is 6.20 Å². The molecule has 0 atom stereocenters. The highest BCUT2D eigenvalue weighted by molar-refractivity contribution is 5.50. The zero-order valence-electron chi connectivity index (χ0n) is 10.2. The SMILES string of the molecule is N#Cc1ccnnc1NCCOc1cccc(N)c1. The predicted molar refractivity (Wildman–Crippen MR) is 71.6 cm³/mol. The quantitative estimate of drug-likeness (QED) is 0.619. The van der Waals surface area contributed by atoms with E-state index < -0.39 is 0 Å². The van der Waals surface area contributed by atoms with E-state index in [4.69, 9.17) is 15.7 Å². The van der Waals surface area contributed by atoms with Gasteiger partial charge in [-0.1, -0.05) is 6.07 Å². The van der Waals surface area contributed by atoms with E-state index in [9.17, 15) is 0 Å². The van der Waals surface area contributed by atoms with Crippen molar-refractivity contribution in [1.82, 2.24) is 10.2 Å². The van der Waals surface area contributed by atoms with Crippen LogP contribution in [-0.2, 0) is 0 Å². The summed E-state index contributed by atoms with van der Waals surface area (Å²) in [6, 6.07) is 10.9. The number of aromatic nitrogens is 2. The van der Waals surface area contributed by atoms with Crippen LogP contribution in [0.2, 0.25) is 0 Å². The van der Waals surface area contributed by atoms with Gasteiger partial charge in [0.25, 0.3) is 0 Å². The normalized spacial score (nSPS) is 9.63. The Kier molecular flexibility index (Phi) is 4.13. The summed E-state index contributed by atoms with van der Waals surface area (Å²) in [6.45, 7) is 0.951. The van der Waals surface area contributed by atoms with Crippen molar-refractivity contribution in [3.05, 3.63) is 42.1 Å². The standard InChI is InChI=1S/C13H13N5O/c14-9-10-4-5-17-18-13(10)16-6-7-19-12-3-1-2-11(15)8-12/h1-5,8H,6-7,15H2,(H,16,18). The van der Waals surface area contributed by atoms with E-state index in [1.54, 1.807) is 18.2 Å².